The molecule has 0 radical (unpaired) electrons. The van der Waals surface area contributed by atoms with Gasteiger partial charge >= 0.3 is 0 Å². The Morgan fingerprint density at radius 1 is 1.73 bits per heavy atom. The quantitative estimate of drug-likeness (QED) is 0.244. The van der Waals surface area contributed by atoms with Gasteiger partial charge in [-0.15, -0.1) is 0 Å². The Labute approximate surface area is 88.3 Å². The van der Waals surface area contributed by atoms with Crippen molar-refractivity contribution in [1.82, 2.24) is 20.7 Å². The average Bonchev–Trinajstić information content (AvgIpc) is 2.88. The lowest BCUT2D eigenvalue weighted by molar-refractivity contribution is 0.651. The summed E-state index contributed by atoms with van der Waals surface area (Å²) >= 11 is 0. The fourth-order valence-corrected chi connectivity index (χ4v) is 1.29. The van der Waals surface area contributed by atoms with Crippen LogP contribution in [0.3, 0.4) is 0 Å². The van der Waals surface area contributed by atoms with Crippen molar-refractivity contribution in [2.75, 3.05) is 0 Å². The van der Waals surface area contributed by atoms with Crippen LogP contribution in [0.15, 0.2) is 17.4 Å². The van der Waals surface area contributed by atoms with Gasteiger partial charge in [0.1, 0.15) is 5.82 Å². The van der Waals surface area contributed by atoms with Gasteiger partial charge < -0.3 is 10.3 Å². The molecule has 1 unspecified atom stereocenters. The second-order valence-corrected chi connectivity index (χ2v) is 3.69. The molecule has 0 aliphatic heterocycles. The Bertz CT molecular complexity index is 326. The molecule has 1 aliphatic carbocycles. The average molecular weight is 208 g/mol. The van der Waals surface area contributed by atoms with Crippen LogP contribution >= 0.6 is 0 Å². The summed E-state index contributed by atoms with van der Waals surface area (Å²) in [4.78, 5) is 11.6. The highest BCUT2D eigenvalue weighted by Crippen LogP contribution is 2.23. The highest BCUT2D eigenvalue weighted by Gasteiger charge is 2.21. The number of nitrogens with zero attached hydrogens (tertiary/aromatic N) is 2. The number of aliphatic imine (C=N–C) groups is 1. The van der Waals surface area contributed by atoms with Gasteiger partial charge in [0, 0.05) is 12.4 Å². The first-order chi connectivity index (χ1) is 7.29. The SMILES string of the molecule is CC(NC(=NC1CC1)NN)c1ncc[nH]1. The number of hydrogen-bond donors (Lipinski definition) is 4. The second-order valence-electron chi connectivity index (χ2n) is 3.69. The molecule has 1 saturated carbocycles. The molecule has 0 saturated heterocycles. The number of rotatable bonds is 3. The van der Waals surface area contributed by atoms with Gasteiger partial charge in [-0.05, 0) is 19.8 Å². The van der Waals surface area contributed by atoms with E-state index in [-0.39, 0.29) is 6.04 Å². The minimum atomic E-state index is 0.0635. The number of H-pyrrole nitrogens is 1. The van der Waals surface area contributed by atoms with Gasteiger partial charge in [-0.2, -0.15) is 0 Å². The van der Waals surface area contributed by atoms with Gasteiger partial charge in [0.15, 0.2) is 0 Å². The van der Waals surface area contributed by atoms with Crippen LogP contribution in [-0.2, 0) is 0 Å². The molecule has 6 nitrogen and oxygen atoms in total. The van der Waals surface area contributed by atoms with Crippen molar-refractivity contribution in [3.8, 4) is 0 Å². The van der Waals surface area contributed by atoms with Gasteiger partial charge in [0.25, 0.3) is 0 Å². The van der Waals surface area contributed by atoms with Crippen molar-refractivity contribution in [3.63, 3.8) is 0 Å². The molecule has 6 heteroatoms. The second kappa shape index (κ2) is 4.31. The van der Waals surface area contributed by atoms with E-state index in [2.05, 4.69) is 25.7 Å². The third kappa shape index (κ3) is 2.69. The third-order valence-corrected chi connectivity index (χ3v) is 2.28. The van der Waals surface area contributed by atoms with E-state index >= 15 is 0 Å². The predicted octanol–water partition coefficient (Wildman–Crippen LogP) is 0.0420. The molecule has 0 aromatic carbocycles. The van der Waals surface area contributed by atoms with E-state index in [1.54, 1.807) is 12.4 Å². The maximum atomic E-state index is 5.38. The number of aromatic nitrogens is 2. The van der Waals surface area contributed by atoms with Gasteiger partial charge in [0.2, 0.25) is 5.96 Å². The standard InChI is InChI=1S/C9H16N6/c1-6(8-11-4-5-12-8)13-9(15-10)14-7-2-3-7/h4-7H,2-3,10H2,1H3,(H,11,12)(H2,13,14,15). The van der Waals surface area contributed by atoms with Crippen LogP contribution in [0.5, 0.6) is 0 Å². The lowest BCUT2D eigenvalue weighted by Gasteiger charge is -2.14. The number of hydrogen-bond acceptors (Lipinski definition) is 3. The van der Waals surface area contributed by atoms with Crippen LogP contribution in [0.2, 0.25) is 0 Å². The third-order valence-electron chi connectivity index (χ3n) is 2.28. The van der Waals surface area contributed by atoms with Crippen LogP contribution in [0.25, 0.3) is 0 Å². The van der Waals surface area contributed by atoms with Crippen LogP contribution in [0.1, 0.15) is 31.6 Å². The van der Waals surface area contributed by atoms with E-state index in [0.29, 0.717) is 12.0 Å². The van der Waals surface area contributed by atoms with Gasteiger partial charge in [-0.1, -0.05) is 0 Å². The number of nitrogens with two attached hydrogens (primary N) is 1. The van der Waals surface area contributed by atoms with Crippen LogP contribution in [0, 0.1) is 0 Å². The molecule has 1 aromatic rings. The molecule has 2 rings (SSSR count). The molecule has 1 fully saturated rings. The van der Waals surface area contributed by atoms with Crippen LogP contribution in [-0.4, -0.2) is 22.0 Å². The number of nitrogens with one attached hydrogen (secondary N) is 3. The monoisotopic (exact) mass is 208 g/mol. The van der Waals surface area contributed by atoms with Gasteiger partial charge in [-0.25, -0.2) is 15.8 Å². The number of hydrazine groups is 1. The Kier molecular flexibility index (Phi) is 2.86. The molecule has 82 valence electrons. The van der Waals surface area contributed by atoms with Crippen LogP contribution in [0.4, 0.5) is 0 Å². The van der Waals surface area contributed by atoms with Crippen molar-refractivity contribution < 1.29 is 0 Å². The molecule has 5 N–H and O–H groups in total. The minimum absolute atomic E-state index is 0.0635. The van der Waals surface area contributed by atoms with Crippen molar-refractivity contribution in [1.29, 1.82) is 0 Å². The molecule has 1 aliphatic rings. The summed E-state index contributed by atoms with van der Waals surface area (Å²) in [6, 6.07) is 0.501. The highest BCUT2D eigenvalue weighted by atomic mass is 15.3. The molecule has 15 heavy (non-hydrogen) atoms. The number of aromatic amines is 1. The summed E-state index contributed by atoms with van der Waals surface area (Å²) in [7, 11) is 0. The fraction of sp³-hybridized carbons (Fsp3) is 0.556. The topological polar surface area (TPSA) is 91.1 Å². The van der Waals surface area contributed by atoms with Crippen molar-refractivity contribution in [2.45, 2.75) is 31.8 Å². The Morgan fingerprint density at radius 2 is 2.53 bits per heavy atom. The Balaban J connectivity index is 1.94. The normalized spacial score (nSPS) is 18.7. The van der Waals surface area contributed by atoms with Crippen molar-refractivity contribution >= 4 is 5.96 Å². The Hall–Kier alpha value is -1.56. The summed E-state index contributed by atoms with van der Waals surface area (Å²) in [5.41, 5.74) is 2.56. The first-order valence-electron chi connectivity index (χ1n) is 5.10. The van der Waals surface area contributed by atoms with E-state index in [0.717, 1.165) is 18.7 Å². The largest absolute Gasteiger partial charge is 0.347 e. The highest BCUT2D eigenvalue weighted by molar-refractivity contribution is 5.79. The summed E-state index contributed by atoms with van der Waals surface area (Å²) < 4.78 is 0. The maximum Gasteiger partial charge on any atom is 0.206 e. The Morgan fingerprint density at radius 3 is 3.07 bits per heavy atom. The molecular formula is C9H16N6. The van der Waals surface area contributed by atoms with Crippen molar-refractivity contribution in [3.05, 3.63) is 18.2 Å². The first kappa shape index (κ1) is 9.97. The van der Waals surface area contributed by atoms with E-state index < -0.39 is 0 Å². The summed E-state index contributed by atoms with van der Waals surface area (Å²) in [6.07, 6.45) is 5.83. The summed E-state index contributed by atoms with van der Waals surface area (Å²) in [5, 5.41) is 3.16. The smallest absolute Gasteiger partial charge is 0.206 e. The van der Waals surface area contributed by atoms with E-state index in [9.17, 15) is 0 Å². The first-order valence-corrected chi connectivity index (χ1v) is 5.10. The zero-order valence-electron chi connectivity index (χ0n) is 8.70. The molecule has 1 heterocycles. The molecule has 1 atom stereocenters. The molecule has 0 spiro atoms. The zero-order valence-corrected chi connectivity index (χ0v) is 8.70. The molecular weight excluding hydrogens is 192 g/mol. The predicted molar refractivity (Wildman–Crippen MR) is 57.9 cm³/mol. The maximum absolute atomic E-state index is 5.38. The minimum Gasteiger partial charge on any atom is -0.347 e. The van der Waals surface area contributed by atoms with E-state index in [1.165, 1.54) is 0 Å². The van der Waals surface area contributed by atoms with Crippen molar-refractivity contribution in [2.24, 2.45) is 10.8 Å². The fourth-order valence-electron chi connectivity index (χ4n) is 1.29. The van der Waals surface area contributed by atoms with E-state index in [4.69, 9.17) is 5.84 Å². The van der Waals surface area contributed by atoms with Gasteiger partial charge in [-0.3, -0.25) is 5.43 Å². The lowest BCUT2D eigenvalue weighted by atomic mass is 10.3. The van der Waals surface area contributed by atoms with Crippen LogP contribution < -0.4 is 16.6 Å². The summed E-state index contributed by atoms with van der Waals surface area (Å²) in [6.45, 7) is 2.00. The van der Waals surface area contributed by atoms with Gasteiger partial charge in [0.05, 0.1) is 12.1 Å². The summed E-state index contributed by atoms with van der Waals surface area (Å²) in [5.74, 6) is 6.87. The molecule has 0 amide bonds. The zero-order chi connectivity index (χ0) is 10.7. The molecule has 0 bridgehead atoms. The lowest BCUT2D eigenvalue weighted by Crippen LogP contribution is -2.43. The molecule has 1 aromatic heterocycles. The van der Waals surface area contributed by atoms with E-state index in [1.807, 2.05) is 6.92 Å². The number of imidazole rings is 1. The number of guanidine groups is 1.